The van der Waals surface area contributed by atoms with E-state index in [9.17, 15) is 13.2 Å². The molecule has 3 nitrogen and oxygen atoms in total. The predicted molar refractivity (Wildman–Crippen MR) is 104 cm³/mol. The van der Waals surface area contributed by atoms with E-state index in [0.717, 1.165) is 0 Å². The van der Waals surface area contributed by atoms with Crippen LogP contribution in [0.4, 0.5) is 13.2 Å². The molecule has 0 atom stereocenters. The number of rotatable bonds is 3. The Morgan fingerprint density at radius 3 is 1.46 bits per heavy atom. The maximum Gasteiger partial charge on any atom is 0.485 e. The maximum atomic E-state index is 10.7. The molecular formula is C20H17F3O3SSe. The molecule has 0 amide bonds. The molecule has 0 N–H and O–H groups in total. The van der Waals surface area contributed by atoms with Crippen LogP contribution in [0.25, 0.3) is 0 Å². The van der Waals surface area contributed by atoms with Crippen LogP contribution in [-0.4, -0.2) is 32.4 Å². The van der Waals surface area contributed by atoms with Crippen molar-refractivity contribution in [3.05, 3.63) is 90.5 Å². The third kappa shape index (κ3) is 5.94. The summed E-state index contributed by atoms with van der Waals surface area (Å²) in [7, 11) is -6.09. The van der Waals surface area contributed by atoms with E-state index >= 15 is 0 Å². The van der Waals surface area contributed by atoms with Crippen molar-refractivity contribution in [3.63, 3.8) is 0 Å². The molecule has 28 heavy (non-hydrogen) atoms. The monoisotopic (exact) mass is 474 g/mol. The third-order valence-corrected chi connectivity index (χ3v) is 9.13. The minimum absolute atomic E-state index is 1.18. The van der Waals surface area contributed by atoms with Crippen LogP contribution in [0.15, 0.2) is 84.9 Å². The van der Waals surface area contributed by atoms with Gasteiger partial charge in [-0.15, -0.1) is 0 Å². The Kier molecular flexibility index (Phi) is 7.43. The fraction of sp³-hybridized carbons (Fsp3) is 0.100. The van der Waals surface area contributed by atoms with Crippen LogP contribution in [0.2, 0.25) is 0 Å². The molecule has 0 saturated carbocycles. The Morgan fingerprint density at radius 2 is 1.11 bits per heavy atom. The van der Waals surface area contributed by atoms with Crippen molar-refractivity contribution in [1.29, 1.82) is 0 Å². The number of halogens is 3. The minimum Gasteiger partial charge on any atom is -0.741 e. The third-order valence-electron chi connectivity index (χ3n) is 3.55. The SMILES string of the molecule is Cc1ccccc1[Se+](c1ccccc1)c1ccccc1.O=S(=O)([O-])C(F)(F)F. The first-order valence-electron chi connectivity index (χ1n) is 8.03. The van der Waals surface area contributed by atoms with E-state index < -0.39 is 29.5 Å². The maximum absolute atomic E-state index is 10.7. The molecule has 3 aromatic carbocycles. The number of hydrogen-bond acceptors (Lipinski definition) is 3. The molecule has 3 aromatic rings. The molecule has 0 aliphatic heterocycles. The van der Waals surface area contributed by atoms with Gasteiger partial charge >= 0.3 is 130 Å². The molecule has 8 heteroatoms. The van der Waals surface area contributed by atoms with Gasteiger partial charge < -0.3 is 4.55 Å². The van der Waals surface area contributed by atoms with Gasteiger partial charge in [0.15, 0.2) is 10.1 Å². The Bertz CT molecular complexity index is 952. The van der Waals surface area contributed by atoms with E-state index in [4.69, 9.17) is 13.0 Å². The number of hydrogen-bond donors (Lipinski definition) is 0. The van der Waals surface area contributed by atoms with Gasteiger partial charge in [-0.3, -0.25) is 0 Å². The summed E-state index contributed by atoms with van der Waals surface area (Å²) in [6.07, 6.45) is 0. The van der Waals surface area contributed by atoms with Crippen molar-refractivity contribution in [2.24, 2.45) is 0 Å². The Labute approximate surface area is 166 Å². The fourth-order valence-electron chi connectivity index (χ4n) is 2.29. The largest absolute Gasteiger partial charge is 0.741 e. The van der Waals surface area contributed by atoms with Crippen molar-refractivity contribution in [2.45, 2.75) is 12.4 Å². The van der Waals surface area contributed by atoms with Crippen LogP contribution in [0.3, 0.4) is 0 Å². The van der Waals surface area contributed by atoms with E-state index in [2.05, 4.69) is 91.9 Å². The summed E-state index contributed by atoms with van der Waals surface area (Å²) >= 11 is -1.18. The summed E-state index contributed by atoms with van der Waals surface area (Å²) in [4.78, 5) is 0. The van der Waals surface area contributed by atoms with E-state index in [-0.39, 0.29) is 0 Å². The van der Waals surface area contributed by atoms with Crippen molar-refractivity contribution in [1.82, 2.24) is 0 Å². The van der Waals surface area contributed by atoms with E-state index in [0.29, 0.717) is 0 Å². The Morgan fingerprint density at radius 1 is 0.750 bits per heavy atom. The second-order valence-electron chi connectivity index (χ2n) is 5.60. The zero-order valence-corrected chi connectivity index (χ0v) is 17.3. The van der Waals surface area contributed by atoms with E-state index in [1.54, 1.807) is 0 Å². The van der Waals surface area contributed by atoms with Gasteiger partial charge in [0.2, 0.25) is 0 Å². The minimum atomic E-state index is -6.09. The number of benzene rings is 3. The summed E-state index contributed by atoms with van der Waals surface area (Å²) < 4.78 is 63.3. The molecule has 0 aliphatic rings. The van der Waals surface area contributed by atoms with E-state index in [1.165, 1.54) is 18.9 Å². The van der Waals surface area contributed by atoms with Gasteiger partial charge in [-0.25, -0.2) is 8.42 Å². The van der Waals surface area contributed by atoms with Crippen LogP contribution < -0.4 is 13.4 Å². The summed E-state index contributed by atoms with van der Waals surface area (Å²) in [5.74, 6) is 0. The Balaban J connectivity index is 0.000000300. The van der Waals surface area contributed by atoms with Crippen molar-refractivity contribution >= 4 is 37.4 Å². The molecule has 148 valence electrons. The normalized spacial score (nSPS) is 11.6. The van der Waals surface area contributed by atoms with Gasteiger partial charge in [-0.2, -0.15) is 13.2 Å². The van der Waals surface area contributed by atoms with Gasteiger partial charge in [0.25, 0.3) is 0 Å². The summed E-state index contributed by atoms with van der Waals surface area (Å²) in [6.45, 7) is 2.22. The van der Waals surface area contributed by atoms with Gasteiger partial charge in [0, 0.05) is 0 Å². The quantitative estimate of drug-likeness (QED) is 0.334. The average Bonchev–Trinajstić information content (AvgIpc) is 2.64. The van der Waals surface area contributed by atoms with Gasteiger partial charge in [-0.1, -0.05) is 0 Å². The van der Waals surface area contributed by atoms with Gasteiger partial charge in [-0.05, 0) is 0 Å². The van der Waals surface area contributed by atoms with Crippen LogP contribution in [0, 0.1) is 6.92 Å². The number of aryl methyl sites for hydroxylation is 1. The predicted octanol–water partition coefficient (Wildman–Crippen LogP) is 2.56. The molecule has 0 aliphatic carbocycles. The fourth-order valence-corrected chi connectivity index (χ4v) is 7.00. The van der Waals surface area contributed by atoms with Gasteiger partial charge in [0.05, 0.1) is 0 Å². The molecule has 0 saturated heterocycles. The first-order chi connectivity index (χ1) is 13.1. The molecule has 3 rings (SSSR count). The zero-order valence-electron chi connectivity index (χ0n) is 14.8. The second-order valence-corrected chi connectivity index (χ2v) is 11.2. The smallest absolute Gasteiger partial charge is 0.485 e. The first kappa shape index (κ1) is 22.2. The molecule has 0 fully saturated rings. The summed E-state index contributed by atoms with van der Waals surface area (Å²) in [5.41, 5.74) is -4.25. The van der Waals surface area contributed by atoms with Crippen LogP contribution >= 0.6 is 0 Å². The standard InChI is InChI=1S/C19H17Se.CHF3O3S/c1-16-10-8-9-15-19(16)20(17-11-4-2-5-12-17)18-13-6-3-7-14-18;2-1(3,4)8(5,6)7/h2-15H,1H3;(H,5,6,7)/q+1;/p-1. The first-order valence-corrected chi connectivity index (χ1v) is 12.0. The topological polar surface area (TPSA) is 57.2 Å². The number of alkyl halides is 3. The molecule has 0 aromatic heterocycles. The van der Waals surface area contributed by atoms with Crippen LogP contribution in [0.5, 0.6) is 0 Å². The summed E-state index contributed by atoms with van der Waals surface area (Å²) in [6, 6.07) is 30.6. The molecule has 0 unspecified atom stereocenters. The van der Waals surface area contributed by atoms with Crippen LogP contribution in [-0.2, 0) is 10.1 Å². The van der Waals surface area contributed by atoms with Crippen molar-refractivity contribution < 1.29 is 26.1 Å². The average molecular weight is 473 g/mol. The van der Waals surface area contributed by atoms with Crippen molar-refractivity contribution in [3.8, 4) is 0 Å². The Hall–Kier alpha value is -2.12. The van der Waals surface area contributed by atoms with E-state index in [1.807, 2.05) is 0 Å². The van der Waals surface area contributed by atoms with Crippen molar-refractivity contribution in [2.75, 3.05) is 0 Å². The molecule has 0 bridgehead atoms. The summed E-state index contributed by atoms with van der Waals surface area (Å²) in [5, 5.41) is 0. The zero-order chi connectivity index (χ0) is 20.8. The van der Waals surface area contributed by atoms with Crippen LogP contribution in [0.1, 0.15) is 5.56 Å². The molecule has 0 radical (unpaired) electrons. The molecular weight excluding hydrogens is 456 g/mol. The van der Waals surface area contributed by atoms with Gasteiger partial charge in [0.1, 0.15) is 0 Å². The second kappa shape index (κ2) is 9.39. The molecule has 0 spiro atoms. The molecule has 0 heterocycles.